The van der Waals surface area contributed by atoms with Crippen LogP contribution in [0.4, 0.5) is 19.0 Å². The first-order chi connectivity index (χ1) is 17.1. The van der Waals surface area contributed by atoms with Crippen molar-refractivity contribution in [3.05, 3.63) is 57.0 Å². The van der Waals surface area contributed by atoms with Gasteiger partial charge in [-0.15, -0.1) is 11.3 Å². The van der Waals surface area contributed by atoms with Crippen molar-refractivity contribution in [3.63, 3.8) is 0 Å². The van der Waals surface area contributed by atoms with Crippen molar-refractivity contribution in [2.24, 2.45) is 0 Å². The predicted molar refractivity (Wildman–Crippen MR) is 126 cm³/mol. The van der Waals surface area contributed by atoms with E-state index in [0.29, 0.717) is 17.7 Å². The number of rotatable bonds is 10. The Kier molecular flexibility index (Phi) is 9.12. The number of thiazole rings is 1. The Balaban J connectivity index is 1.61. The maximum Gasteiger partial charge on any atom is 0.418 e. The zero-order valence-electron chi connectivity index (χ0n) is 19.0. The average molecular weight is 544 g/mol. The van der Waals surface area contributed by atoms with Crippen LogP contribution in [0, 0.1) is 0 Å². The normalized spacial score (nSPS) is 12.2. The fourth-order valence-corrected chi connectivity index (χ4v) is 3.82. The molecule has 10 nitrogen and oxygen atoms in total. The summed E-state index contributed by atoms with van der Waals surface area (Å²) in [5.41, 5.74) is -1.03. The third-order valence-electron chi connectivity index (χ3n) is 4.56. The zero-order chi connectivity index (χ0) is 26.3. The van der Waals surface area contributed by atoms with Crippen molar-refractivity contribution in [3.8, 4) is 5.88 Å². The monoisotopic (exact) mass is 543 g/mol. The van der Waals surface area contributed by atoms with Crippen LogP contribution in [0.3, 0.4) is 0 Å². The first-order valence-electron chi connectivity index (χ1n) is 10.5. The summed E-state index contributed by atoms with van der Waals surface area (Å²) in [5, 5.41) is 7.81. The molecule has 15 heteroatoms. The second-order valence-corrected chi connectivity index (χ2v) is 8.78. The lowest BCUT2D eigenvalue weighted by Gasteiger charge is -2.11. The van der Waals surface area contributed by atoms with E-state index in [1.54, 1.807) is 6.92 Å². The highest BCUT2D eigenvalue weighted by Gasteiger charge is 2.34. The lowest BCUT2D eigenvalue weighted by molar-refractivity contribution is -0.137. The number of amides is 2. The third kappa shape index (κ3) is 7.32. The Hall–Kier alpha value is -3.36. The summed E-state index contributed by atoms with van der Waals surface area (Å²) in [7, 11) is 1.83. The van der Waals surface area contributed by atoms with Crippen LogP contribution in [-0.2, 0) is 6.18 Å². The molecule has 0 aliphatic heterocycles. The number of hydrogen-bond acceptors (Lipinski definition) is 9. The van der Waals surface area contributed by atoms with E-state index >= 15 is 0 Å². The smallest absolute Gasteiger partial charge is 0.418 e. The topological polar surface area (TPSA) is 131 Å². The average Bonchev–Trinajstić information content (AvgIpc) is 3.33. The number of pyridine rings is 1. The van der Waals surface area contributed by atoms with Gasteiger partial charge in [0.25, 0.3) is 11.8 Å². The molecule has 0 spiro atoms. The Morgan fingerprint density at radius 1 is 1.14 bits per heavy atom. The minimum atomic E-state index is -4.70. The van der Waals surface area contributed by atoms with Gasteiger partial charge in [0.05, 0.1) is 29.4 Å². The van der Waals surface area contributed by atoms with Crippen molar-refractivity contribution in [1.29, 1.82) is 0 Å². The number of carbonyl (C=O) groups is 2. The van der Waals surface area contributed by atoms with E-state index in [4.69, 9.17) is 16.3 Å². The fraction of sp³-hybridized carbons (Fsp3) is 0.333. The summed E-state index contributed by atoms with van der Waals surface area (Å²) < 4.78 is 44.6. The van der Waals surface area contributed by atoms with Crippen LogP contribution in [-0.4, -0.2) is 51.9 Å². The molecular formula is C21H21ClF3N7O3S. The molecule has 0 aliphatic rings. The van der Waals surface area contributed by atoms with E-state index in [1.165, 1.54) is 18.6 Å². The van der Waals surface area contributed by atoms with Gasteiger partial charge in [0.1, 0.15) is 27.7 Å². The molecule has 3 heterocycles. The number of hydrogen-bond donors (Lipinski definition) is 3. The molecular weight excluding hydrogens is 523 g/mol. The summed E-state index contributed by atoms with van der Waals surface area (Å²) in [6.07, 6.45) is -0.666. The molecule has 36 heavy (non-hydrogen) atoms. The standard InChI is InChI=1S/C21H21ClF3N7O3S/c1-11(31-18(33)14-7-17(30-10-29-14)35-5-3-4-26-2)20-28-9-15(36-20)19(34)32-16-6-12(21(23,24)25)13(22)8-27-16/h6-11,26H,3-5H2,1-2H3,(H,31,33)(H,27,32,34). The highest BCUT2D eigenvalue weighted by atomic mass is 35.5. The Morgan fingerprint density at radius 2 is 1.92 bits per heavy atom. The van der Waals surface area contributed by atoms with Gasteiger partial charge < -0.3 is 20.7 Å². The summed E-state index contributed by atoms with van der Waals surface area (Å²) in [4.78, 5) is 41.0. The van der Waals surface area contributed by atoms with E-state index in [-0.39, 0.29) is 22.3 Å². The van der Waals surface area contributed by atoms with Crippen molar-refractivity contribution < 1.29 is 27.5 Å². The van der Waals surface area contributed by atoms with Crippen molar-refractivity contribution in [2.45, 2.75) is 25.6 Å². The molecule has 0 saturated carbocycles. The number of halogens is 4. The van der Waals surface area contributed by atoms with Crippen molar-refractivity contribution in [1.82, 2.24) is 30.6 Å². The predicted octanol–water partition coefficient (Wildman–Crippen LogP) is 3.73. The Bertz CT molecular complexity index is 1230. The highest BCUT2D eigenvalue weighted by Crippen LogP contribution is 2.35. The molecule has 0 radical (unpaired) electrons. The second-order valence-electron chi connectivity index (χ2n) is 7.31. The molecule has 2 amide bonds. The van der Waals surface area contributed by atoms with Gasteiger partial charge in [-0.2, -0.15) is 13.2 Å². The van der Waals surface area contributed by atoms with Gasteiger partial charge in [0.15, 0.2) is 0 Å². The second kappa shape index (κ2) is 12.1. The molecule has 0 saturated heterocycles. The number of carbonyl (C=O) groups excluding carboxylic acids is 2. The van der Waals surface area contributed by atoms with E-state index in [9.17, 15) is 22.8 Å². The summed E-state index contributed by atoms with van der Waals surface area (Å²) >= 11 is 6.51. The molecule has 0 aromatic carbocycles. The van der Waals surface area contributed by atoms with Gasteiger partial charge in [-0.25, -0.2) is 19.9 Å². The molecule has 192 valence electrons. The number of anilines is 1. The SMILES string of the molecule is CNCCCOc1cc(C(=O)NC(C)c2ncc(C(=O)Nc3cc(C(F)(F)F)c(Cl)cn3)s2)ncn1. The van der Waals surface area contributed by atoms with E-state index in [2.05, 4.69) is 35.9 Å². The first kappa shape index (κ1) is 27.2. The summed E-state index contributed by atoms with van der Waals surface area (Å²) in [5.74, 6) is -1.27. The quantitative estimate of drug-likeness (QED) is 0.330. The number of nitrogens with zero attached hydrogens (tertiary/aromatic N) is 4. The lowest BCUT2D eigenvalue weighted by Crippen LogP contribution is -2.27. The van der Waals surface area contributed by atoms with Crippen LogP contribution < -0.4 is 20.7 Å². The molecule has 1 atom stereocenters. The molecule has 0 fully saturated rings. The molecule has 3 rings (SSSR count). The van der Waals surface area contributed by atoms with Gasteiger partial charge in [-0.3, -0.25) is 9.59 Å². The lowest BCUT2D eigenvalue weighted by atomic mass is 10.2. The van der Waals surface area contributed by atoms with E-state index in [0.717, 1.165) is 30.5 Å². The zero-order valence-corrected chi connectivity index (χ0v) is 20.6. The minimum absolute atomic E-state index is 0.0873. The molecule has 3 aromatic rings. The minimum Gasteiger partial charge on any atom is -0.478 e. The molecule has 1 unspecified atom stereocenters. The van der Waals surface area contributed by atoms with Crippen LogP contribution in [0.25, 0.3) is 0 Å². The fourth-order valence-electron chi connectivity index (χ4n) is 2.80. The highest BCUT2D eigenvalue weighted by molar-refractivity contribution is 7.13. The van der Waals surface area contributed by atoms with Gasteiger partial charge in [0.2, 0.25) is 5.88 Å². The van der Waals surface area contributed by atoms with Gasteiger partial charge >= 0.3 is 6.18 Å². The van der Waals surface area contributed by atoms with E-state index in [1.807, 2.05) is 7.05 Å². The first-order valence-corrected chi connectivity index (χ1v) is 11.7. The van der Waals surface area contributed by atoms with Gasteiger partial charge in [-0.05, 0) is 33.0 Å². The largest absolute Gasteiger partial charge is 0.478 e. The maximum atomic E-state index is 13.0. The summed E-state index contributed by atoms with van der Waals surface area (Å²) in [6.45, 7) is 2.85. The molecule has 3 N–H and O–H groups in total. The Morgan fingerprint density at radius 3 is 2.64 bits per heavy atom. The van der Waals surface area contributed by atoms with Crippen LogP contribution >= 0.6 is 22.9 Å². The molecule has 0 bridgehead atoms. The van der Waals surface area contributed by atoms with Crippen molar-refractivity contribution >= 4 is 40.6 Å². The van der Waals surface area contributed by atoms with Gasteiger partial charge in [-0.1, -0.05) is 11.6 Å². The molecule has 0 aliphatic carbocycles. The maximum absolute atomic E-state index is 13.0. The van der Waals surface area contributed by atoms with Crippen LogP contribution in [0.5, 0.6) is 5.88 Å². The Labute approximate surface area is 212 Å². The van der Waals surface area contributed by atoms with Crippen LogP contribution in [0.15, 0.2) is 30.9 Å². The third-order valence-corrected chi connectivity index (χ3v) is 6.04. The van der Waals surface area contributed by atoms with Crippen molar-refractivity contribution in [2.75, 3.05) is 25.5 Å². The van der Waals surface area contributed by atoms with Gasteiger partial charge in [0, 0.05) is 12.3 Å². The number of aromatic nitrogens is 4. The summed E-state index contributed by atoms with van der Waals surface area (Å²) in [6, 6.07) is 1.46. The molecule has 3 aromatic heterocycles. The number of alkyl halides is 3. The van der Waals surface area contributed by atoms with Crippen LogP contribution in [0.2, 0.25) is 5.02 Å². The number of ether oxygens (including phenoxy) is 1. The van der Waals surface area contributed by atoms with Crippen LogP contribution in [0.1, 0.15) is 50.1 Å². The van der Waals surface area contributed by atoms with E-state index < -0.39 is 34.6 Å². The number of nitrogens with one attached hydrogen (secondary N) is 3.